The van der Waals surface area contributed by atoms with Crippen molar-refractivity contribution >= 4 is 22.0 Å². The largest absolute Gasteiger partial charge is 0.264 e. The Morgan fingerprint density at radius 2 is 2.00 bits per heavy atom. The summed E-state index contributed by atoms with van der Waals surface area (Å²) in [5, 5.41) is 1.08. The molecule has 0 amide bonds. The van der Waals surface area contributed by atoms with Gasteiger partial charge in [0.05, 0.1) is 11.2 Å². The number of fused-ring (bicyclic) bond motifs is 1. The van der Waals surface area contributed by atoms with Gasteiger partial charge in [-0.05, 0) is 48.6 Å². The molecule has 2 nitrogen and oxygen atoms in total. The van der Waals surface area contributed by atoms with Crippen LogP contribution in [0.25, 0.3) is 22.0 Å². The Morgan fingerprint density at radius 3 is 2.88 bits per heavy atom. The predicted octanol–water partition coefficient (Wildman–Crippen LogP) is 5.45. The lowest BCUT2D eigenvalue weighted by molar-refractivity contribution is 0.750. The van der Waals surface area contributed by atoms with Crippen molar-refractivity contribution in [2.24, 2.45) is 5.92 Å². The van der Waals surface area contributed by atoms with E-state index in [-0.39, 0.29) is 0 Å². The van der Waals surface area contributed by atoms with Crippen LogP contribution in [0.1, 0.15) is 30.2 Å². The molecule has 0 N–H and O–H groups in total. The minimum Gasteiger partial charge on any atom is -0.264 e. The Labute approximate surface area is 142 Å². The molecule has 3 aromatic rings. The van der Waals surface area contributed by atoms with Gasteiger partial charge in [0.25, 0.3) is 0 Å². The van der Waals surface area contributed by atoms with E-state index in [1.54, 1.807) is 6.20 Å². The molecule has 2 aromatic heterocycles. The quantitative estimate of drug-likeness (QED) is 0.629. The van der Waals surface area contributed by atoms with Crippen molar-refractivity contribution in [3.63, 3.8) is 0 Å². The molecule has 0 aliphatic heterocycles. The summed E-state index contributed by atoms with van der Waals surface area (Å²) in [6.45, 7) is 4.41. The summed E-state index contributed by atoms with van der Waals surface area (Å²) in [5.74, 6) is 0.550. The lowest BCUT2D eigenvalue weighted by Crippen LogP contribution is -2.03. The standard InChI is InChI=1S/C22H20N2/c1-15-4-3-5-17(12-15)20-13-16(2)6-8-19(20)22-9-7-18-14-23-11-10-21(18)24-22/h3-12,14,16H,13H2,1-2H3. The van der Waals surface area contributed by atoms with Crippen LogP contribution in [0.15, 0.2) is 67.0 Å². The number of hydrogen-bond donors (Lipinski definition) is 0. The Bertz CT molecular complexity index is 966. The zero-order valence-corrected chi connectivity index (χ0v) is 14.0. The average Bonchev–Trinajstić information content (AvgIpc) is 2.61. The molecule has 1 aliphatic carbocycles. The Hall–Kier alpha value is -2.74. The fourth-order valence-electron chi connectivity index (χ4n) is 3.32. The Morgan fingerprint density at radius 1 is 1.08 bits per heavy atom. The van der Waals surface area contributed by atoms with E-state index in [0.717, 1.165) is 23.0 Å². The van der Waals surface area contributed by atoms with Gasteiger partial charge in [0.1, 0.15) is 0 Å². The van der Waals surface area contributed by atoms with Crippen LogP contribution in [0.3, 0.4) is 0 Å². The first kappa shape index (κ1) is 14.8. The molecule has 118 valence electrons. The third-order valence-electron chi connectivity index (χ3n) is 4.57. The molecule has 0 bridgehead atoms. The molecule has 0 saturated heterocycles. The number of nitrogens with zero attached hydrogens (tertiary/aromatic N) is 2. The number of allylic oxidation sites excluding steroid dienone is 4. The third-order valence-corrected chi connectivity index (χ3v) is 4.57. The van der Waals surface area contributed by atoms with Gasteiger partial charge in [-0.2, -0.15) is 0 Å². The van der Waals surface area contributed by atoms with Crippen LogP contribution < -0.4 is 0 Å². The van der Waals surface area contributed by atoms with Crippen LogP contribution in [0.5, 0.6) is 0 Å². The second-order valence-electron chi connectivity index (χ2n) is 6.57. The highest BCUT2D eigenvalue weighted by Gasteiger charge is 2.17. The summed E-state index contributed by atoms with van der Waals surface area (Å²) in [7, 11) is 0. The summed E-state index contributed by atoms with van der Waals surface area (Å²) in [5.41, 5.74) is 7.24. The van der Waals surface area contributed by atoms with Crippen molar-refractivity contribution in [1.82, 2.24) is 9.97 Å². The molecule has 0 radical (unpaired) electrons. The molecule has 4 rings (SSSR count). The van der Waals surface area contributed by atoms with Gasteiger partial charge >= 0.3 is 0 Å². The maximum atomic E-state index is 4.87. The SMILES string of the molecule is Cc1cccc(C2=C(c3ccc4cnccc4n3)C=CC(C)C2)c1. The monoisotopic (exact) mass is 312 g/mol. The second-order valence-corrected chi connectivity index (χ2v) is 6.57. The number of hydrogen-bond acceptors (Lipinski definition) is 2. The van der Waals surface area contributed by atoms with E-state index in [0.29, 0.717) is 5.92 Å². The fraction of sp³-hybridized carbons (Fsp3) is 0.182. The van der Waals surface area contributed by atoms with Crippen molar-refractivity contribution in [1.29, 1.82) is 0 Å². The molecule has 0 fully saturated rings. The Balaban J connectivity index is 1.90. The zero-order chi connectivity index (χ0) is 16.5. The zero-order valence-electron chi connectivity index (χ0n) is 14.0. The molecule has 1 aliphatic rings. The highest BCUT2D eigenvalue weighted by atomic mass is 14.7. The maximum Gasteiger partial charge on any atom is 0.0740 e. The first-order chi connectivity index (χ1) is 11.7. The van der Waals surface area contributed by atoms with E-state index < -0.39 is 0 Å². The van der Waals surface area contributed by atoms with Gasteiger partial charge in [-0.3, -0.25) is 4.98 Å². The van der Waals surface area contributed by atoms with E-state index in [1.807, 2.05) is 12.3 Å². The lowest BCUT2D eigenvalue weighted by Gasteiger charge is -2.21. The van der Waals surface area contributed by atoms with E-state index in [1.165, 1.54) is 22.3 Å². The van der Waals surface area contributed by atoms with Gasteiger partial charge in [-0.1, -0.05) is 48.9 Å². The van der Waals surface area contributed by atoms with E-state index in [4.69, 9.17) is 4.98 Å². The molecule has 2 heterocycles. The van der Waals surface area contributed by atoms with Crippen LogP contribution in [-0.4, -0.2) is 9.97 Å². The average molecular weight is 312 g/mol. The number of pyridine rings is 2. The van der Waals surface area contributed by atoms with Gasteiger partial charge < -0.3 is 0 Å². The second kappa shape index (κ2) is 6.04. The number of benzene rings is 1. The fourth-order valence-corrected chi connectivity index (χ4v) is 3.32. The van der Waals surface area contributed by atoms with Crippen molar-refractivity contribution in [2.45, 2.75) is 20.3 Å². The minimum atomic E-state index is 0.550. The van der Waals surface area contributed by atoms with Gasteiger partial charge in [0.15, 0.2) is 0 Å². The van der Waals surface area contributed by atoms with Crippen LogP contribution in [0.2, 0.25) is 0 Å². The first-order valence-corrected chi connectivity index (χ1v) is 8.40. The van der Waals surface area contributed by atoms with Crippen molar-refractivity contribution in [3.05, 3.63) is 83.8 Å². The van der Waals surface area contributed by atoms with Crippen molar-refractivity contribution in [3.8, 4) is 0 Å². The highest BCUT2D eigenvalue weighted by molar-refractivity contribution is 5.97. The van der Waals surface area contributed by atoms with Crippen molar-refractivity contribution in [2.75, 3.05) is 0 Å². The molecule has 1 atom stereocenters. The summed E-state index contributed by atoms with van der Waals surface area (Å²) in [6, 6.07) is 14.9. The van der Waals surface area contributed by atoms with Crippen LogP contribution in [0, 0.1) is 12.8 Å². The summed E-state index contributed by atoms with van der Waals surface area (Å²) >= 11 is 0. The number of aryl methyl sites for hydroxylation is 1. The normalized spacial score (nSPS) is 17.5. The number of aromatic nitrogens is 2. The molecule has 1 aromatic carbocycles. The third kappa shape index (κ3) is 2.76. The van der Waals surface area contributed by atoms with Crippen LogP contribution in [0.4, 0.5) is 0 Å². The van der Waals surface area contributed by atoms with Gasteiger partial charge in [0.2, 0.25) is 0 Å². The summed E-state index contributed by atoms with van der Waals surface area (Å²) in [4.78, 5) is 9.04. The lowest BCUT2D eigenvalue weighted by atomic mass is 9.85. The Kier molecular flexibility index (Phi) is 3.73. The molecular formula is C22H20N2. The van der Waals surface area contributed by atoms with E-state index in [2.05, 4.69) is 67.4 Å². The topological polar surface area (TPSA) is 25.8 Å². The van der Waals surface area contributed by atoms with Crippen LogP contribution in [-0.2, 0) is 0 Å². The van der Waals surface area contributed by atoms with E-state index >= 15 is 0 Å². The molecule has 24 heavy (non-hydrogen) atoms. The summed E-state index contributed by atoms with van der Waals surface area (Å²) < 4.78 is 0. The van der Waals surface area contributed by atoms with Gasteiger partial charge in [-0.25, -0.2) is 4.98 Å². The van der Waals surface area contributed by atoms with Crippen LogP contribution >= 0.6 is 0 Å². The number of rotatable bonds is 2. The highest BCUT2D eigenvalue weighted by Crippen LogP contribution is 2.36. The summed E-state index contributed by atoms with van der Waals surface area (Å²) in [6.07, 6.45) is 9.23. The van der Waals surface area contributed by atoms with Crippen molar-refractivity contribution < 1.29 is 0 Å². The first-order valence-electron chi connectivity index (χ1n) is 8.40. The minimum absolute atomic E-state index is 0.550. The molecule has 0 spiro atoms. The maximum absolute atomic E-state index is 4.87. The predicted molar refractivity (Wildman–Crippen MR) is 100 cm³/mol. The van der Waals surface area contributed by atoms with Gasteiger partial charge in [0, 0.05) is 23.4 Å². The van der Waals surface area contributed by atoms with E-state index in [9.17, 15) is 0 Å². The molecule has 2 heteroatoms. The smallest absolute Gasteiger partial charge is 0.0740 e. The molecule has 0 saturated carbocycles. The van der Waals surface area contributed by atoms with Gasteiger partial charge in [-0.15, -0.1) is 0 Å². The molecular weight excluding hydrogens is 292 g/mol. The molecule has 1 unspecified atom stereocenters.